The number of aliphatic imine (C=N–C) groups is 1. The molecule has 4 saturated carbocycles. The first-order valence-corrected chi connectivity index (χ1v) is 8.50. The molecule has 1 aliphatic heterocycles. The first kappa shape index (κ1) is 13.9. The minimum atomic E-state index is -0.414. The molecule has 0 aromatic rings. The lowest BCUT2D eigenvalue weighted by Gasteiger charge is -2.60. The molecule has 4 bridgehead atoms. The second-order valence-electron chi connectivity index (χ2n) is 8.03. The highest BCUT2D eigenvalue weighted by Gasteiger charge is 2.62. The lowest BCUT2D eigenvalue weighted by molar-refractivity contribution is -0.142. The van der Waals surface area contributed by atoms with Gasteiger partial charge in [-0.05, 0) is 64.2 Å². The average molecular weight is 311 g/mol. The van der Waals surface area contributed by atoms with Crippen molar-refractivity contribution in [3.05, 3.63) is 0 Å². The van der Waals surface area contributed by atoms with Gasteiger partial charge in [0.25, 0.3) is 11.9 Å². The molecule has 5 aliphatic rings. The van der Waals surface area contributed by atoms with Crippen LogP contribution >= 0.6 is 11.6 Å². The van der Waals surface area contributed by atoms with E-state index in [4.69, 9.17) is 16.3 Å². The van der Waals surface area contributed by atoms with Crippen molar-refractivity contribution in [3.63, 3.8) is 0 Å². The van der Waals surface area contributed by atoms with Crippen molar-refractivity contribution in [2.75, 3.05) is 0 Å². The molecule has 0 radical (unpaired) electrons. The molecule has 4 fully saturated rings. The quantitative estimate of drug-likeness (QED) is 0.798. The molecule has 21 heavy (non-hydrogen) atoms. The van der Waals surface area contributed by atoms with E-state index in [0.29, 0.717) is 17.9 Å². The SMILES string of the molecule is CC(C)NC1=NC(=O)C(C23CC4CC(CC(Cl)(C4)C2)C3)O1. The number of carbonyl (C=O) groups is 1. The van der Waals surface area contributed by atoms with E-state index >= 15 is 0 Å². The Morgan fingerprint density at radius 3 is 2.52 bits per heavy atom. The van der Waals surface area contributed by atoms with Crippen LogP contribution in [0.1, 0.15) is 52.4 Å². The molecule has 0 spiro atoms. The summed E-state index contributed by atoms with van der Waals surface area (Å²) in [5.41, 5.74) is -0.0766. The van der Waals surface area contributed by atoms with E-state index < -0.39 is 6.10 Å². The van der Waals surface area contributed by atoms with E-state index in [1.165, 1.54) is 6.42 Å². The molecule has 0 saturated heterocycles. The van der Waals surface area contributed by atoms with Gasteiger partial charge in [0, 0.05) is 16.3 Å². The molecule has 116 valence electrons. The number of nitrogens with zero attached hydrogens (tertiary/aromatic N) is 1. The van der Waals surface area contributed by atoms with Crippen molar-refractivity contribution in [1.82, 2.24) is 5.32 Å². The molecule has 3 unspecified atom stereocenters. The normalized spacial score (nSPS) is 47.7. The molecule has 1 amide bonds. The van der Waals surface area contributed by atoms with Crippen LogP contribution in [0.15, 0.2) is 4.99 Å². The molecule has 1 N–H and O–H groups in total. The Morgan fingerprint density at radius 1 is 1.29 bits per heavy atom. The van der Waals surface area contributed by atoms with Crippen LogP contribution in [0.3, 0.4) is 0 Å². The van der Waals surface area contributed by atoms with Crippen molar-refractivity contribution in [3.8, 4) is 0 Å². The maximum absolute atomic E-state index is 12.4. The zero-order valence-electron chi connectivity index (χ0n) is 12.7. The highest BCUT2D eigenvalue weighted by molar-refractivity contribution is 6.24. The fraction of sp³-hybridized carbons (Fsp3) is 0.875. The van der Waals surface area contributed by atoms with Gasteiger partial charge < -0.3 is 10.1 Å². The van der Waals surface area contributed by atoms with Gasteiger partial charge in [0.2, 0.25) is 0 Å². The Balaban J connectivity index is 1.58. The third-order valence-electron chi connectivity index (χ3n) is 5.67. The zero-order chi connectivity index (χ0) is 14.8. The molecular weight excluding hydrogens is 288 g/mol. The van der Waals surface area contributed by atoms with Gasteiger partial charge >= 0.3 is 0 Å². The summed E-state index contributed by atoms with van der Waals surface area (Å²) in [6.07, 6.45) is 6.18. The summed E-state index contributed by atoms with van der Waals surface area (Å²) in [6.45, 7) is 4.03. The van der Waals surface area contributed by atoms with E-state index in [2.05, 4.69) is 10.3 Å². The van der Waals surface area contributed by atoms with Crippen molar-refractivity contribution < 1.29 is 9.53 Å². The number of hydrogen-bond donors (Lipinski definition) is 1. The standard InChI is InChI=1S/C16H23ClN2O2/c1-9(2)18-14-19-13(20)12(21-14)15-4-10-3-11(5-15)7-16(17,6-10)8-15/h9-12H,3-8H2,1-2H3,(H,18,19,20). The number of rotatable bonds is 2. The van der Waals surface area contributed by atoms with Crippen LogP contribution in [-0.4, -0.2) is 28.9 Å². The maximum atomic E-state index is 12.4. The summed E-state index contributed by atoms with van der Waals surface area (Å²) >= 11 is 6.85. The number of hydrogen-bond acceptors (Lipinski definition) is 3. The lowest BCUT2D eigenvalue weighted by Crippen LogP contribution is -2.58. The van der Waals surface area contributed by atoms with Gasteiger partial charge in [-0.15, -0.1) is 11.6 Å². The highest BCUT2D eigenvalue weighted by Crippen LogP contribution is 2.65. The second kappa shape index (κ2) is 4.37. The van der Waals surface area contributed by atoms with Crippen LogP contribution in [-0.2, 0) is 9.53 Å². The molecule has 0 aromatic heterocycles. The minimum absolute atomic E-state index is 0.0766. The Bertz CT molecular complexity index is 502. The van der Waals surface area contributed by atoms with Gasteiger partial charge in [-0.3, -0.25) is 4.79 Å². The zero-order valence-corrected chi connectivity index (χ0v) is 13.4. The van der Waals surface area contributed by atoms with Gasteiger partial charge in [-0.1, -0.05) is 0 Å². The predicted molar refractivity (Wildman–Crippen MR) is 81.3 cm³/mol. The van der Waals surface area contributed by atoms with Crippen LogP contribution in [0, 0.1) is 17.3 Å². The summed E-state index contributed by atoms with van der Waals surface area (Å²) in [4.78, 5) is 16.4. The van der Waals surface area contributed by atoms with E-state index in [9.17, 15) is 4.79 Å². The van der Waals surface area contributed by atoms with Crippen LogP contribution in [0.5, 0.6) is 0 Å². The largest absolute Gasteiger partial charge is 0.451 e. The fourth-order valence-corrected chi connectivity index (χ4v) is 6.28. The molecule has 4 aliphatic carbocycles. The highest BCUT2D eigenvalue weighted by atomic mass is 35.5. The lowest BCUT2D eigenvalue weighted by atomic mass is 9.47. The first-order valence-electron chi connectivity index (χ1n) is 8.12. The number of carbonyl (C=O) groups excluding carboxylic acids is 1. The summed E-state index contributed by atoms with van der Waals surface area (Å²) in [5, 5.41) is 3.12. The van der Waals surface area contributed by atoms with Crippen LogP contribution in [0.2, 0.25) is 0 Å². The van der Waals surface area contributed by atoms with Crippen molar-refractivity contribution >= 4 is 23.5 Å². The number of halogens is 1. The summed E-state index contributed by atoms with van der Waals surface area (Å²) in [5.74, 6) is 1.23. The smallest absolute Gasteiger partial charge is 0.293 e. The molecule has 4 nitrogen and oxygen atoms in total. The van der Waals surface area contributed by atoms with Crippen LogP contribution in [0.4, 0.5) is 0 Å². The number of nitrogens with one attached hydrogen (secondary N) is 1. The van der Waals surface area contributed by atoms with Gasteiger partial charge in [0.15, 0.2) is 6.10 Å². The van der Waals surface area contributed by atoms with E-state index in [1.54, 1.807) is 0 Å². The molecule has 5 heteroatoms. The van der Waals surface area contributed by atoms with Crippen molar-refractivity contribution in [2.45, 2.75) is 69.4 Å². The number of alkyl halides is 1. The Hall–Kier alpha value is -0.770. The third-order valence-corrected chi connectivity index (χ3v) is 6.11. The van der Waals surface area contributed by atoms with Crippen molar-refractivity contribution in [2.24, 2.45) is 22.2 Å². The van der Waals surface area contributed by atoms with Gasteiger partial charge in [0.1, 0.15) is 0 Å². The Kier molecular flexibility index (Phi) is 2.89. The molecule has 0 aromatic carbocycles. The van der Waals surface area contributed by atoms with E-state index in [-0.39, 0.29) is 22.2 Å². The number of ether oxygens (including phenoxy) is 1. The summed E-state index contributed by atoms with van der Waals surface area (Å²) in [7, 11) is 0. The van der Waals surface area contributed by atoms with Crippen molar-refractivity contribution in [1.29, 1.82) is 0 Å². The fourth-order valence-electron chi connectivity index (χ4n) is 5.57. The molecule has 1 heterocycles. The maximum Gasteiger partial charge on any atom is 0.293 e. The summed E-state index contributed by atoms with van der Waals surface area (Å²) < 4.78 is 5.95. The topological polar surface area (TPSA) is 50.7 Å². The Labute approximate surface area is 130 Å². The first-order chi connectivity index (χ1) is 9.87. The molecule has 3 atom stereocenters. The molecular formula is C16H23ClN2O2. The van der Waals surface area contributed by atoms with Gasteiger partial charge in [-0.2, -0.15) is 4.99 Å². The van der Waals surface area contributed by atoms with E-state index in [0.717, 1.165) is 32.1 Å². The molecule has 5 rings (SSSR count). The van der Waals surface area contributed by atoms with Crippen LogP contribution in [0.25, 0.3) is 0 Å². The van der Waals surface area contributed by atoms with Gasteiger partial charge in [0.05, 0.1) is 0 Å². The van der Waals surface area contributed by atoms with Gasteiger partial charge in [-0.25, -0.2) is 0 Å². The number of amidine groups is 1. The average Bonchev–Trinajstić information content (AvgIpc) is 2.66. The number of amides is 1. The predicted octanol–water partition coefficient (Wildman–Crippen LogP) is 2.84. The van der Waals surface area contributed by atoms with Crippen LogP contribution < -0.4 is 5.32 Å². The second-order valence-corrected chi connectivity index (χ2v) is 8.83. The third kappa shape index (κ3) is 2.18. The Morgan fingerprint density at radius 2 is 1.95 bits per heavy atom. The minimum Gasteiger partial charge on any atom is -0.451 e. The monoisotopic (exact) mass is 310 g/mol. The van der Waals surface area contributed by atoms with E-state index in [1.807, 2.05) is 13.8 Å². The summed E-state index contributed by atoms with van der Waals surface area (Å²) in [6, 6.07) is 0.616.